The number of phosphoric acid groups is 1. The molecule has 0 rings (SSSR count). The number of likely N-dealkylation sites (N-methyl/N-ethyl adjacent to an activating group) is 1. The van der Waals surface area contributed by atoms with Crippen LogP contribution >= 0.6 is 7.82 Å². The van der Waals surface area contributed by atoms with Crippen LogP contribution in [0.1, 0.15) is 264 Å². The summed E-state index contributed by atoms with van der Waals surface area (Å²) in [7, 11) is 1.32. The summed E-state index contributed by atoms with van der Waals surface area (Å²) in [4.78, 5) is 25.3. The predicted molar refractivity (Wildman–Crippen MR) is 252 cm³/mol. The van der Waals surface area contributed by atoms with Crippen molar-refractivity contribution in [2.75, 3.05) is 40.9 Å². The number of unbranched alkanes of at least 4 members (excludes halogenated alkanes) is 35. The molecule has 0 spiro atoms. The molecule has 0 fully saturated rings. The molecule has 354 valence electrons. The fourth-order valence-electron chi connectivity index (χ4n) is 7.98. The molecular weight excluding hydrogens is 756 g/mol. The van der Waals surface area contributed by atoms with E-state index >= 15 is 0 Å². The highest BCUT2D eigenvalue weighted by Crippen LogP contribution is 2.38. The van der Waals surface area contributed by atoms with E-state index in [4.69, 9.17) is 9.05 Å². The molecule has 0 heterocycles. The van der Waals surface area contributed by atoms with E-state index in [2.05, 4.69) is 19.2 Å². The molecular formula is C50H103N2O6P. The van der Waals surface area contributed by atoms with E-state index in [0.29, 0.717) is 23.9 Å². The summed E-state index contributed by atoms with van der Waals surface area (Å²) in [5.74, 6) is -0.160. The van der Waals surface area contributed by atoms with Gasteiger partial charge in [0.2, 0.25) is 5.91 Å². The van der Waals surface area contributed by atoms with Crippen molar-refractivity contribution in [1.29, 1.82) is 0 Å². The maximum atomic E-state index is 12.9. The van der Waals surface area contributed by atoms with E-state index in [0.717, 1.165) is 38.5 Å². The highest BCUT2D eigenvalue weighted by Gasteiger charge is 2.24. The maximum absolute atomic E-state index is 12.9. The molecule has 9 heteroatoms. The molecule has 0 aliphatic rings. The standard InChI is InChI=1S/C50H103N2O6P/c1-6-8-10-12-14-16-18-19-20-21-22-23-24-25-26-27-28-29-30-31-32-33-34-36-38-40-42-44-50(54)51-48(47-58-59(55,56)57-46-45-52(3,4)5)49(53)43-41-39-37-35-17-15-13-11-9-7-2/h48-49,53H,6-47H2,1-5H3,(H-,51,54,55,56)/t48-,49+/m0/s1. The van der Waals surface area contributed by atoms with E-state index in [9.17, 15) is 19.4 Å². The van der Waals surface area contributed by atoms with Gasteiger partial charge >= 0.3 is 0 Å². The molecule has 1 amide bonds. The van der Waals surface area contributed by atoms with Crippen LogP contribution in [-0.2, 0) is 18.4 Å². The van der Waals surface area contributed by atoms with Crippen molar-refractivity contribution < 1.29 is 32.9 Å². The lowest BCUT2D eigenvalue weighted by Gasteiger charge is -2.30. The minimum atomic E-state index is -4.56. The van der Waals surface area contributed by atoms with Gasteiger partial charge in [0.1, 0.15) is 13.2 Å². The van der Waals surface area contributed by atoms with Crippen LogP contribution in [0.15, 0.2) is 0 Å². The summed E-state index contributed by atoms with van der Waals surface area (Å²) in [6, 6.07) is -0.792. The first kappa shape index (κ1) is 58.5. The second-order valence-corrected chi connectivity index (χ2v) is 20.7. The molecule has 0 radical (unpaired) electrons. The van der Waals surface area contributed by atoms with Crippen LogP contribution in [0.2, 0.25) is 0 Å². The number of quaternary nitrogens is 1. The number of phosphoric ester groups is 1. The molecule has 0 saturated carbocycles. The van der Waals surface area contributed by atoms with Crippen molar-refractivity contribution in [3.63, 3.8) is 0 Å². The Hall–Kier alpha value is -0.500. The molecule has 2 N–H and O–H groups in total. The van der Waals surface area contributed by atoms with Crippen molar-refractivity contribution in [2.24, 2.45) is 0 Å². The Morgan fingerprint density at radius 1 is 0.525 bits per heavy atom. The third kappa shape index (κ3) is 45.3. The highest BCUT2D eigenvalue weighted by molar-refractivity contribution is 7.45. The number of hydrogen-bond acceptors (Lipinski definition) is 6. The third-order valence-corrected chi connectivity index (χ3v) is 13.1. The number of amides is 1. The van der Waals surface area contributed by atoms with Gasteiger partial charge in [0.25, 0.3) is 7.82 Å². The Bertz CT molecular complexity index is 932. The molecule has 1 unspecified atom stereocenters. The van der Waals surface area contributed by atoms with Gasteiger partial charge in [-0.2, -0.15) is 0 Å². The molecule has 59 heavy (non-hydrogen) atoms. The van der Waals surface area contributed by atoms with Crippen molar-refractivity contribution >= 4 is 13.7 Å². The fraction of sp³-hybridized carbons (Fsp3) is 0.980. The van der Waals surface area contributed by atoms with Crippen LogP contribution in [0, 0.1) is 0 Å². The number of carbonyl (C=O) groups excluding carboxylic acids is 1. The van der Waals surface area contributed by atoms with Crippen LogP contribution in [0.3, 0.4) is 0 Å². The number of aliphatic hydroxyl groups excluding tert-OH is 1. The van der Waals surface area contributed by atoms with Gasteiger partial charge in [0.05, 0.1) is 39.9 Å². The zero-order valence-electron chi connectivity index (χ0n) is 40.2. The number of nitrogens with one attached hydrogen (secondary N) is 1. The Morgan fingerprint density at radius 2 is 0.831 bits per heavy atom. The largest absolute Gasteiger partial charge is 0.756 e. The Labute approximate surface area is 368 Å². The second kappa shape index (κ2) is 42.8. The van der Waals surface area contributed by atoms with Crippen LogP contribution in [-0.4, -0.2) is 68.5 Å². The average molecular weight is 859 g/mol. The molecule has 0 aromatic rings. The summed E-state index contributed by atoms with van der Waals surface area (Å²) in [5, 5.41) is 13.9. The fourth-order valence-corrected chi connectivity index (χ4v) is 8.71. The molecule has 3 atom stereocenters. The summed E-state index contributed by atoms with van der Waals surface area (Å²) in [6.45, 7) is 4.74. The Kier molecular flexibility index (Phi) is 42.4. The first-order chi connectivity index (χ1) is 28.5. The first-order valence-electron chi connectivity index (χ1n) is 25.9. The van der Waals surface area contributed by atoms with Gasteiger partial charge in [-0.3, -0.25) is 9.36 Å². The van der Waals surface area contributed by atoms with E-state index in [1.165, 1.54) is 199 Å². The topological polar surface area (TPSA) is 108 Å². The summed E-state index contributed by atoms with van der Waals surface area (Å²) < 4.78 is 23.3. The van der Waals surface area contributed by atoms with Crippen LogP contribution in [0.5, 0.6) is 0 Å². The summed E-state index contributed by atoms with van der Waals surface area (Å²) in [5.41, 5.74) is 0. The number of carbonyl (C=O) groups is 1. The van der Waals surface area contributed by atoms with E-state index in [-0.39, 0.29) is 19.1 Å². The van der Waals surface area contributed by atoms with Crippen LogP contribution < -0.4 is 10.2 Å². The summed E-state index contributed by atoms with van der Waals surface area (Å²) in [6.07, 6.45) is 48.5. The SMILES string of the molecule is CCCCCCCCCCCCCCCCCCCCCCCCCCCCCC(=O)N[C@@H](COP(=O)([O-])OCC[N+](C)(C)C)[C@H](O)CCCCCCCCCCCC. The number of nitrogens with zero attached hydrogens (tertiary/aromatic N) is 1. The number of hydrogen-bond donors (Lipinski definition) is 2. The minimum Gasteiger partial charge on any atom is -0.756 e. The van der Waals surface area contributed by atoms with Crippen molar-refractivity contribution in [1.82, 2.24) is 5.32 Å². The number of rotatable bonds is 48. The molecule has 0 aromatic carbocycles. The average Bonchev–Trinajstić information content (AvgIpc) is 3.19. The smallest absolute Gasteiger partial charge is 0.268 e. The lowest BCUT2D eigenvalue weighted by Crippen LogP contribution is -2.46. The van der Waals surface area contributed by atoms with Gasteiger partial charge in [-0.15, -0.1) is 0 Å². The minimum absolute atomic E-state index is 0.0160. The monoisotopic (exact) mass is 859 g/mol. The van der Waals surface area contributed by atoms with Gasteiger partial charge in [-0.25, -0.2) is 0 Å². The molecule has 0 aliphatic carbocycles. The normalized spacial score (nSPS) is 14.1. The van der Waals surface area contributed by atoms with Crippen LogP contribution in [0.25, 0.3) is 0 Å². The molecule has 0 saturated heterocycles. The van der Waals surface area contributed by atoms with Crippen molar-refractivity contribution in [2.45, 2.75) is 276 Å². The van der Waals surface area contributed by atoms with Crippen molar-refractivity contribution in [3.05, 3.63) is 0 Å². The Morgan fingerprint density at radius 3 is 1.15 bits per heavy atom. The highest BCUT2D eigenvalue weighted by atomic mass is 31.2. The van der Waals surface area contributed by atoms with Gasteiger partial charge in [0.15, 0.2) is 0 Å². The molecule has 8 nitrogen and oxygen atoms in total. The molecule has 0 aromatic heterocycles. The second-order valence-electron chi connectivity index (χ2n) is 19.2. The maximum Gasteiger partial charge on any atom is 0.268 e. The Balaban J connectivity index is 4.00. The van der Waals surface area contributed by atoms with Gasteiger partial charge < -0.3 is 28.8 Å². The quantitative estimate of drug-likeness (QED) is 0.0358. The van der Waals surface area contributed by atoms with Gasteiger partial charge in [-0.05, 0) is 12.8 Å². The van der Waals surface area contributed by atoms with Gasteiger partial charge in [0, 0.05) is 6.42 Å². The predicted octanol–water partition coefficient (Wildman–Crippen LogP) is 14.3. The summed E-state index contributed by atoms with van der Waals surface area (Å²) >= 11 is 0. The zero-order chi connectivity index (χ0) is 43.6. The lowest BCUT2D eigenvalue weighted by atomic mass is 10.0. The first-order valence-corrected chi connectivity index (χ1v) is 27.3. The molecule has 0 aliphatic heterocycles. The van der Waals surface area contributed by atoms with E-state index in [1.807, 2.05) is 21.1 Å². The third-order valence-electron chi connectivity index (χ3n) is 12.1. The van der Waals surface area contributed by atoms with Gasteiger partial charge in [-0.1, -0.05) is 245 Å². The zero-order valence-corrected chi connectivity index (χ0v) is 41.1. The lowest BCUT2D eigenvalue weighted by molar-refractivity contribution is -0.870. The van der Waals surface area contributed by atoms with E-state index < -0.39 is 20.0 Å². The van der Waals surface area contributed by atoms with Crippen molar-refractivity contribution in [3.8, 4) is 0 Å². The number of aliphatic hydroxyl groups is 1. The van der Waals surface area contributed by atoms with E-state index in [1.54, 1.807) is 0 Å². The molecule has 0 bridgehead atoms. The van der Waals surface area contributed by atoms with Crippen LogP contribution in [0.4, 0.5) is 0 Å².